The van der Waals surface area contributed by atoms with E-state index in [2.05, 4.69) is 10.3 Å². The number of rotatable bonds is 4. The SMILES string of the molecule is Cn1ccnc1Sc1ccc(NC(C#N)=C(C#N)C#N)cc1. The van der Waals surface area contributed by atoms with Gasteiger partial charge in [0.15, 0.2) is 10.7 Å². The summed E-state index contributed by atoms with van der Waals surface area (Å²) in [5.74, 6) is 0. The van der Waals surface area contributed by atoms with Crippen LogP contribution in [0.4, 0.5) is 5.69 Å². The van der Waals surface area contributed by atoms with Crippen molar-refractivity contribution in [2.24, 2.45) is 7.05 Å². The van der Waals surface area contributed by atoms with Gasteiger partial charge in [0.2, 0.25) is 0 Å². The van der Waals surface area contributed by atoms with Crippen LogP contribution in [0.5, 0.6) is 0 Å². The van der Waals surface area contributed by atoms with E-state index in [4.69, 9.17) is 15.8 Å². The number of nitriles is 3. The first-order valence-corrected chi connectivity index (χ1v) is 6.96. The molecule has 1 aromatic heterocycles. The van der Waals surface area contributed by atoms with Crippen LogP contribution in [0.25, 0.3) is 0 Å². The summed E-state index contributed by atoms with van der Waals surface area (Å²) in [5, 5.41) is 30.2. The zero-order chi connectivity index (χ0) is 15.9. The number of aryl methyl sites for hydroxylation is 1. The van der Waals surface area contributed by atoms with Gasteiger partial charge in [-0.2, -0.15) is 15.8 Å². The Labute approximate surface area is 131 Å². The highest BCUT2D eigenvalue weighted by Crippen LogP contribution is 2.27. The third-order valence-electron chi connectivity index (χ3n) is 2.70. The summed E-state index contributed by atoms with van der Waals surface area (Å²) in [4.78, 5) is 5.22. The van der Waals surface area contributed by atoms with Crippen molar-refractivity contribution in [2.45, 2.75) is 10.1 Å². The van der Waals surface area contributed by atoms with E-state index in [1.165, 1.54) is 11.8 Å². The Bertz CT molecular complexity index is 811. The Balaban J connectivity index is 2.15. The van der Waals surface area contributed by atoms with Crippen molar-refractivity contribution in [3.8, 4) is 18.2 Å². The number of aromatic nitrogens is 2. The van der Waals surface area contributed by atoms with Crippen LogP contribution < -0.4 is 5.32 Å². The van der Waals surface area contributed by atoms with Crippen LogP contribution in [-0.4, -0.2) is 9.55 Å². The zero-order valence-electron chi connectivity index (χ0n) is 11.6. The maximum Gasteiger partial charge on any atom is 0.172 e. The van der Waals surface area contributed by atoms with Crippen molar-refractivity contribution >= 4 is 17.4 Å². The fourth-order valence-corrected chi connectivity index (χ4v) is 2.39. The van der Waals surface area contributed by atoms with Gasteiger partial charge in [0.05, 0.1) is 0 Å². The molecule has 0 atom stereocenters. The van der Waals surface area contributed by atoms with Crippen LogP contribution in [0.15, 0.2) is 58.0 Å². The molecule has 0 bridgehead atoms. The highest BCUT2D eigenvalue weighted by atomic mass is 32.2. The maximum atomic E-state index is 8.99. The second-order valence-corrected chi connectivity index (χ2v) is 5.20. The molecular weight excluding hydrogens is 296 g/mol. The minimum Gasteiger partial charge on any atom is -0.345 e. The second-order valence-electron chi connectivity index (χ2n) is 4.16. The molecule has 2 rings (SSSR count). The molecule has 0 saturated carbocycles. The van der Waals surface area contributed by atoms with Crippen LogP contribution in [0, 0.1) is 34.0 Å². The Morgan fingerprint density at radius 3 is 2.32 bits per heavy atom. The van der Waals surface area contributed by atoms with E-state index in [1.807, 2.05) is 36.0 Å². The van der Waals surface area contributed by atoms with Crippen molar-refractivity contribution in [1.29, 1.82) is 15.8 Å². The van der Waals surface area contributed by atoms with Crippen molar-refractivity contribution in [3.63, 3.8) is 0 Å². The summed E-state index contributed by atoms with van der Waals surface area (Å²) in [6.45, 7) is 0. The Morgan fingerprint density at radius 2 is 1.82 bits per heavy atom. The molecule has 0 saturated heterocycles. The summed E-state index contributed by atoms with van der Waals surface area (Å²) in [7, 11) is 1.92. The molecule has 2 aromatic rings. The van der Waals surface area contributed by atoms with Gasteiger partial charge < -0.3 is 9.88 Å². The average molecular weight is 306 g/mol. The Morgan fingerprint density at radius 1 is 1.14 bits per heavy atom. The van der Waals surface area contributed by atoms with Crippen LogP contribution in [0.2, 0.25) is 0 Å². The molecule has 1 N–H and O–H groups in total. The average Bonchev–Trinajstić information content (AvgIpc) is 2.94. The lowest BCUT2D eigenvalue weighted by molar-refractivity contribution is 0.790. The molecule has 0 aliphatic heterocycles. The molecule has 0 radical (unpaired) electrons. The number of nitrogens with one attached hydrogen (secondary N) is 1. The van der Waals surface area contributed by atoms with Gasteiger partial charge in [0.1, 0.15) is 23.9 Å². The van der Waals surface area contributed by atoms with Gasteiger partial charge in [0.25, 0.3) is 0 Å². The quantitative estimate of drug-likeness (QED) is 0.871. The number of hydrogen-bond donors (Lipinski definition) is 1. The van der Waals surface area contributed by atoms with Crippen LogP contribution in [0.3, 0.4) is 0 Å². The normalized spacial score (nSPS) is 9.18. The summed E-state index contributed by atoms with van der Waals surface area (Å²) in [6, 6.07) is 12.5. The van der Waals surface area contributed by atoms with E-state index in [-0.39, 0.29) is 11.3 Å². The second kappa shape index (κ2) is 6.99. The van der Waals surface area contributed by atoms with Gasteiger partial charge in [-0.15, -0.1) is 0 Å². The molecule has 0 amide bonds. The lowest BCUT2D eigenvalue weighted by atomic mass is 10.2. The molecule has 0 spiro atoms. The van der Waals surface area contributed by atoms with Gasteiger partial charge >= 0.3 is 0 Å². The molecule has 7 heteroatoms. The summed E-state index contributed by atoms with van der Waals surface area (Å²) < 4.78 is 1.92. The summed E-state index contributed by atoms with van der Waals surface area (Å²) >= 11 is 1.51. The number of benzene rings is 1. The predicted octanol–water partition coefficient (Wildman–Crippen LogP) is 2.81. The van der Waals surface area contributed by atoms with Crippen LogP contribution in [0.1, 0.15) is 0 Å². The molecule has 1 aromatic carbocycles. The van der Waals surface area contributed by atoms with Gasteiger partial charge in [-0.25, -0.2) is 4.98 Å². The molecule has 6 nitrogen and oxygen atoms in total. The lowest BCUT2D eigenvalue weighted by Gasteiger charge is -2.06. The smallest absolute Gasteiger partial charge is 0.172 e. The van der Waals surface area contributed by atoms with E-state index >= 15 is 0 Å². The molecule has 0 aliphatic rings. The van der Waals surface area contributed by atoms with Crippen molar-refractivity contribution in [1.82, 2.24) is 9.55 Å². The first kappa shape index (κ1) is 15.2. The standard InChI is InChI=1S/C15H10N6S/c1-21-7-6-19-15(21)22-13-4-2-12(3-5-13)20-14(10-18)11(8-16)9-17/h2-7,20H,1H3. The lowest BCUT2D eigenvalue weighted by Crippen LogP contribution is -2.00. The van der Waals surface area contributed by atoms with Gasteiger partial charge in [0, 0.05) is 30.0 Å². The third-order valence-corrected chi connectivity index (χ3v) is 3.78. The Hall–Kier alpha value is -3.21. The number of allylic oxidation sites excluding steroid dienone is 2. The Kier molecular flexibility index (Phi) is 4.82. The maximum absolute atomic E-state index is 8.99. The van der Waals surface area contributed by atoms with Gasteiger partial charge in [-0.1, -0.05) is 11.8 Å². The number of nitrogens with zero attached hydrogens (tertiary/aromatic N) is 5. The largest absolute Gasteiger partial charge is 0.345 e. The number of hydrogen-bond acceptors (Lipinski definition) is 6. The summed E-state index contributed by atoms with van der Waals surface area (Å²) in [5.41, 5.74) is 0.326. The highest BCUT2D eigenvalue weighted by molar-refractivity contribution is 7.99. The monoisotopic (exact) mass is 306 g/mol. The van der Waals surface area contributed by atoms with E-state index in [1.54, 1.807) is 30.5 Å². The van der Waals surface area contributed by atoms with Gasteiger partial charge in [-0.05, 0) is 24.3 Å². The van der Waals surface area contributed by atoms with Crippen molar-refractivity contribution in [2.75, 3.05) is 5.32 Å². The molecule has 0 unspecified atom stereocenters. The zero-order valence-corrected chi connectivity index (χ0v) is 12.4. The fraction of sp³-hybridized carbons (Fsp3) is 0.0667. The fourth-order valence-electron chi connectivity index (χ4n) is 1.59. The topological polar surface area (TPSA) is 101 Å². The minimum atomic E-state index is -0.242. The molecule has 1 heterocycles. The van der Waals surface area contributed by atoms with E-state index in [0.717, 1.165) is 10.1 Å². The molecule has 0 aliphatic carbocycles. The first-order chi connectivity index (χ1) is 10.7. The van der Waals surface area contributed by atoms with E-state index in [0.29, 0.717) is 5.69 Å². The van der Waals surface area contributed by atoms with Crippen LogP contribution in [-0.2, 0) is 7.05 Å². The molecule has 106 valence electrons. The third kappa shape index (κ3) is 3.46. The predicted molar refractivity (Wildman–Crippen MR) is 81.3 cm³/mol. The molecule has 0 fully saturated rings. The summed E-state index contributed by atoms with van der Waals surface area (Å²) in [6.07, 6.45) is 3.60. The number of imidazole rings is 1. The van der Waals surface area contributed by atoms with Crippen LogP contribution >= 0.6 is 11.8 Å². The van der Waals surface area contributed by atoms with Gasteiger partial charge in [-0.3, -0.25) is 0 Å². The van der Waals surface area contributed by atoms with Crippen molar-refractivity contribution < 1.29 is 0 Å². The highest BCUT2D eigenvalue weighted by Gasteiger charge is 2.07. The minimum absolute atomic E-state index is 0.0606. The van der Waals surface area contributed by atoms with E-state index in [9.17, 15) is 0 Å². The van der Waals surface area contributed by atoms with E-state index < -0.39 is 0 Å². The molecular formula is C15H10N6S. The molecule has 22 heavy (non-hydrogen) atoms. The number of anilines is 1. The first-order valence-electron chi connectivity index (χ1n) is 6.14. The van der Waals surface area contributed by atoms with Crippen molar-refractivity contribution in [3.05, 3.63) is 47.9 Å².